The highest BCUT2D eigenvalue weighted by Crippen LogP contribution is 2.42. The first kappa shape index (κ1) is 13.7. The molecular weight excluding hydrogens is 248 g/mol. The van der Waals surface area contributed by atoms with Crippen LogP contribution < -0.4 is 4.74 Å². The molecule has 1 aromatic rings. The third kappa shape index (κ3) is 2.99. The van der Waals surface area contributed by atoms with Gasteiger partial charge in [0.05, 0.1) is 6.10 Å². The van der Waals surface area contributed by atoms with Crippen molar-refractivity contribution >= 4 is 11.6 Å². The van der Waals surface area contributed by atoms with E-state index in [1.165, 1.54) is 0 Å². The van der Waals surface area contributed by atoms with Gasteiger partial charge in [-0.2, -0.15) is 0 Å². The second-order valence-corrected chi connectivity index (χ2v) is 6.32. The van der Waals surface area contributed by atoms with E-state index in [0.717, 1.165) is 24.2 Å². The van der Waals surface area contributed by atoms with Gasteiger partial charge in [-0.1, -0.05) is 25.4 Å². The Hall–Kier alpha value is -0.730. The number of benzene rings is 1. The van der Waals surface area contributed by atoms with E-state index >= 15 is 0 Å². The lowest BCUT2D eigenvalue weighted by atomic mass is 9.85. The normalized spacial score (nSPS) is 26.9. The molecule has 1 aromatic carbocycles. The molecule has 1 aliphatic rings. The highest BCUT2D eigenvalue weighted by Gasteiger charge is 2.36. The van der Waals surface area contributed by atoms with Crippen LogP contribution in [0.3, 0.4) is 0 Å². The third-order valence-electron chi connectivity index (χ3n) is 3.56. The maximum Gasteiger partial charge on any atom is 0.126 e. The summed E-state index contributed by atoms with van der Waals surface area (Å²) in [4.78, 5) is 0. The van der Waals surface area contributed by atoms with Gasteiger partial charge < -0.3 is 9.84 Å². The minimum absolute atomic E-state index is 0.273. The van der Waals surface area contributed by atoms with Crippen molar-refractivity contribution in [3.63, 3.8) is 0 Å². The van der Waals surface area contributed by atoms with Gasteiger partial charge >= 0.3 is 0 Å². The van der Waals surface area contributed by atoms with Crippen molar-refractivity contribution < 1.29 is 9.84 Å². The lowest BCUT2D eigenvalue weighted by molar-refractivity contribution is -0.0100. The Morgan fingerprint density at radius 1 is 1.50 bits per heavy atom. The molecule has 0 saturated carbocycles. The lowest BCUT2D eigenvalue weighted by Gasteiger charge is -2.38. The largest absolute Gasteiger partial charge is 0.487 e. The summed E-state index contributed by atoms with van der Waals surface area (Å²) in [6.07, 6.45) is 2.22. The zero-order chi connectivity index (χ0) is 13.3. The van der Waals surface area contributed by atoms with Crippen LogP contribution in [0, 0.1) is 5.92 Å². The van der Waals surface area contributed by atoms with Crippen LogP contribution in [0.25, 0.3) is 0 Å². The lowest BCUT2D eigenvalue weighted by Crippen LogP contribution is -2.38. The van der Waals surface area contributed by atoms with Crippen LogP contribution in [0.15, 0.2) is 18.2 Å². The van der Waals surface area contributed by atoms with Crippen molar-refractivity contribution in [2.45, 2.75) is 51.7 Å². The van der Waals surface area contributed by atoms with Gasteiger partial charge in [-0.15, -0.1) is 0 Å². The Morgan fingerprint density at radius 2 is 2.22 bits per heavy atom. The van der Waals surface area contributed by atoms with E-state index in [9.17, 15) is 5.11 Å². The fraction of sp³-hybridized carbons (Fsp3) is 0.600. The molecule has 1 heterocycles. The molecule has 0 radical (unpaired) electrons. The topological polar surface area (TPSA) is 29.5 Å². The van der Waals surface area contributed by atoms with Crippen LogP contribution in [-0.4, -0.2) is 10.7 Å². The van der Waals surface area contributed by atoms with Crippen LogP contribution >= 0.6 is 11.6 Å². The Labute approximate surface area is 114 Å². The summed E-state index contributed by atoms with van der Waals surface area (Å²) in [5.74, 6) is 1.42. The van der Waals surface area contributed by atoms with E-state index in [1.807, 2.05) is 6.07 Å². The number of aliphatic hydroxyl groups excluding tert-OH is 1. The molecule has 2 nitrogen and oxygen atoms in total. The molecule has 0 bridgehead atoms. The van der Waals surface area contributed by atoms with Gasteiger partial charge in [-0.25, -0.2) is 0 Å². The molecule has 0 aromatic heterocycles. The first-order chi connectivity index (χ1) is 8.39. The van der Waals surface area contributed by atoms with E-state index in [2.05, 4.69) is 20.8 Å². The van der Waals surface area contributed by atoms with Crippen LogP contribution in [0.4, 0.5) is 0 Å². The predicted octanol–water partition coefficient (Wildman–Crippen LogP) is 4.35. The van der Waals surface area contributed by atoms with E-state index < -0.39 is 6.10 Å². The van der Waals surface area contributed by atoms with E-state index in [4.69, 9.17) is 16.3 Å². The van der Waals surface area contributed by atoms with Crippen molar-refractivity contribution in [3.8, 4) is 5.75 Å². The first-order valence-electron chi connectivity index (χ1n) is 6.56. The summed E-state index contributed by atoms with van der Waals surface area (Å²) in [6, 6.07) is 5.46. The zero-order valence-electron chi connectivity index (χ0n) is 11.2. The smallest absolute Gasteiger partial charge is 0.126 e. The van der Waals surface area contributed by atoms with Gasteiger partial charge in [0, 0.05) is 17.0 Å². The molecule has 100 valence electrons. The quantitative estimate of drug-likeness (QED) is 0.883. The SMILES string of the molecule is CC(C)CCC1(C)C[C@@H](O)c2cc(Cl)ccc2O1. The van der Waals surface area contributed by atoms with Gasteiger partial charge in [0.25, 0.3) is 0 Å². The summed E-state index contributed by atoms with van der Waals surface area (Å²) in [5.41, 5.74) is 0.536. The second-order valence-electron chi connectivity index (χ2n) is 5.89. The Morgan fingerprint density at radius 3 is 2.89 bits per heavy atom. The number of rotatable bonds is 3. The fourth-order valence-electron chi connectivity index (χ4n) is 2.45. The van der Waals surface area contributed by atoms with Crippen LogP contribution in [0.1, 0.15) is 51.7 Å². The molecule has 1 N–H and O–H groups in total. The third-order valence-corrected chi connectivity index (χ3v) is 3.80. The van der Waals surface area contributed by atoms with Gasteiger partial charge in [-0.3, -0.25) is 0 Å². The van der Waals surface area contributed by atoms with Gasteiger partial charge in [0.1, 0.15) is 11.4 Å². The minimum Gasteiger partial charge on any atom is -0.487 e. The van der Waals surface area contributed by atoms with Gasteiger partial charge in [-0.05, 0) is 43.9 Å². The van der Waals surface area contributed by atoms with Crippen molar-refractivity contribution in [1.82, 2.24) is 0 Å². The van der Waals surface area contributed by atoms with Crippen LogP contribution in [0.5, 0.6) is 5.75 Å². The first-order valence-corrected chi connectivity index (χ1v) is 6.94. The molecule has 2 rings (SSSR count). The molecule has 3 heteroatoms. The predicted molar refractivity (Wildman–Crippen MR) is 74.1 cm³/mol. The molecular formula is C15H21ClO2. The molecule has 0 spiro atoms. The van der Waals surface area contributed by atoms with Crippen molar-refractivity contribution in [2.24, 2.45) is 5.92 Å². The summed E-state index contributed by atoms with van der Waals surface area (Å²) in [6.45, 7) is 6.49. The highest BCUT2D eigenvalue weighted by molar-refractivity contribution is 6.30. The van der Waals surface area contributed by atoms with E-state index in [0.29, 0.717) is 17.4 Å². The molecule has 18 heavy (non-hydrogen) atoms. The number of halogens is 1. The molecule has 0 aliphatic carbocycles. The highest BCUT2D eigenvalue weighted by atomic mass is 35.5. The number of ether oxygens (including phenoxy) is 1. The fourth-order valence-corrected chi connectivity index (χ4v) is 2.63. The number of fused-ring (bicyclic) bond motifs is 1. The number of hydrogen-bond acceptors (Lipinski definition) is 2. The Kier molecular flexibility index (Phi) is 3.88. The Bertz CT molecular complexity index is 431. The summed E-state index contributed by atoms with van der Waals surface area (Å²) in [7, 11) is 0. The van der Waals surface area contributed by atoms with Crippen LogP contribution in [0.2, 0.25) is 5.02 Å². The average Bonchev–Trinajstić information content (AvgIpc) is 2.28. The molecule has 2 atom stereocenters. The summed E-state index contributed by atoms with van der Waals surface area (Å²) < 4.78 is 6.08. The van der Waals surface area contributed by atoms with Crippen LogP contribution in [-0.2, 0) is 0 Å². The minimum atomic E-state index is -0.482. The summed E-state index contributed by atoms with van der Waals surface area (Å²) >= 11 is 5.95. The monoisotopic (exact) mass is 268 g/mol. The zero-order valence-corrected chi connectivity index (χ0v) is 12.0. The summed E-state index contributed by atoms with van der Waals surface area (Å²) in [5, 5.41) is 10.9. The Balaban J connectivity index is 2.19. The van der Waals surface area contributed by atoms with Gasteiger partial charge in [0.15, 0.2) is 0 Å². The number of aliphatic hydroxyl groups is 1. The van der Waals surface area contributed by atoms with E-state index in [1.54, 1.807) is 12.1 Å². The number of hydrogen-bond donors (Lipinski definition) is 1. The molecule has 0 fully saturated rings. The molecule has 0 saturated heterocycles. The maximum absolute atomic E-state index is 10.2. The van der Waals surface area contributed by atoms with Crippen molar-refractivity contribution in [2.75, 3.05) is 0 Å². The van der Waals surface area contributed by atoms with Gasteiger partial charge in [0.2, 0.25) is 0 Å². The maximum atomic E-state index is 10.2. The molecule has 1 aliphatic heterocycles. The van der Waals surface area contributed by atoms with E-state index in [-0.39, 0.29) is 5.60 Å². The molecule has 1 unspecified atom stereocenters. The average molecular weight is 269 g/mol. The standard InChI is InChI=1S/C15H21ClO2/c1-10(2)6-7-15(3)9-13(17)12-8-11(16)4-5-14(12)18-15/h4-5,8,10,13,17H,6-7,9H2,1-3H3/t13-,15?/m1/s1. The second kappa shape index (κ2) is 5.10. The van der Waals surface area contributed by atoms with Crippen molar-refractivity contribution in [3.05, 3.63) is 28.8 Å². The van der Waals surface area contributed by atoms with Crippen molar-refractivity contribution in [1.29, 1.82) is 0 Å². The molecule has 0 amide bonds.